The summed E-state index contributed by atoms with van der Waals surface area (Å²) in [5.41, 5.74) is 2.09. The minimum Gasteiger partial charge on any atom is -0.496 e. The van der Waals surface area contributed by atoms with Gasteiger partial charge in [0.1, 0.15) is 5.75 Å². The van der Waals surface area contributed by atoms with E-state index in [1.54, 1.807) is 36.4 Å². The Morgan fingerprint density at radius 3 is 2.48 bits per heavy atom. The first kappa shape index (κ1) is 18.5. The lowest BCUT2D eigenvalue weighted by molar-refractivity contribution is 0.0993. The number of furan rings is 1. The second kappa shape index (κ2) is 7.97. The van der Waals surface area contributed by atoms with Crippen molar-refractivity contribution in [2.24, 2.45) is 0 Å². The molecule has 2 N–H and O–H groups in total. The summed E-state index contributed by atoms with van der Waals surface area (Å²) in [6.45, 7) is 1.88. The van der Waals surface area contributed by atoms with Crippen molar-refractivity contribution in [2.45, 2.75) is 6.92 Å². The summed E-state index contributed by atoms with van der Waals surface area (Å²) in [5.74, 6) is -0.261. The Hall–Kier alpha value is -3.25. The van der Waals surface area contributed by atoms with E-state index < -0.39 is 11.8 Å². The molecule has 0 saturated carbocycles. The second-order valence-electron chi connectivity index (χ2n) is 5.78. The zero-order valence-electron chi connectivity index (χ0n) is 14.7. The highest BCUT2D eigenvalue weighted by molar-refractivity contribution is 6.31. The van der Waals surface area contributed by atoms with Crippen LogP contribution in [0.1, 0.15) is 26.5 Å². The summed E-state index contributed by atoms with van der Waals surface area (Å²) in [4.78, 5) is 25.0. The quantitative estimate of drug-likeness (QED) is 0.664. The highest BCUT2D eigenvalue weighted by Gasteiger charge is 2.17. The van der Waals surface area contributed by atoms with Crippen molar-refractivity contribution in [3.8, 4) is 5.75 Å². The molecule has 0 aliphatic carbocycles. The summed E-state index contributed by atoms with van der Waals surface area (Å²) in [6.07, 6.45) is 1.41. The molecule has 0 aliphatic rings. The van der Waals surface area contributed by atoms with E-state index in [1.807, 2.05) is 13.0 Å². The third kappa shape index (κ3) is 4.30. The minimum absolute atomic E-state index is 0.171. The van der Waals surface area contributed by atoms with E-state index >= 15 is 0 Å². The van der Waals surface area contributed by atoms with Gasteiger partial charge in [0.25, 0.3) is 11.8 Å². The number of hydrogen-bond acceptors (Lipinski definition) is 4. The number of aryl methyl sites for hydroxylation is 1. The van der Waals surface area contributed by atoms with Gasteiger partial charge in [-0.15, -0.1) is 0 Å². The van der Waals surface area contributed by atoms with Crippen molar-refractivity contribution in [1.82, 2.24) is 0 Å². The zero-order chi connectivity index (χ0) is 19.4. The van der Waals surface area contributed by atoms with Gasteiger partial charge in [0.05, 0.1) is 30.3 Å². The fraction of sp³-hybridized carbons (Fsp3) is 0.100. The molecule has 6 nitrogen and oxygen atoms in total. The van der Waals surface area contributed by atoms with Crippen LogP contribution in [-0.2, 0) is 0 Å². The molecule has 3 aromatic rings. The van der Waals surface area contributed by atoms with Gasteiger partial charge in [-0.3, -0.25) is 9.59 Å². The molecule has 1 heterocycles. The molecule has 7 heteroatoms. The van der Waals surface area contributed by atoms with Crippen LogP contribution in [0, 0.1) is 6.92 Å². The van der Waals surface area contributed by atoms with E-state index in [9.17, 15) is 9.59 Å². The molecule has 0 bridgehead atoms. The predicted octanol–water partition coefficient (Wildman–Crippen LogP) is 4.75. The van der Waals surface area contributed by atoms with Gasteiger partial charge >= 0.3 is 0 Å². The van der Waals surface area contributed by atoms with Gasteiger partial charge in [0.15, 0.2) is 5.76 Å². The number of rotatable bonds is 5. The number of nitrogens with one attached hydrogen (secondary N) is 2. The second-order valence-corrected chi connectivity index (χ2v) is 6.22. The first-order valence-corrected chi connectivity index (χ1v) is 8.46. The fourth-order valence-electron chi connectivity index (χ4n) is 2.51. The summed E-state index contributed by atoms with van der Waals surface area (Å²) < 4.78 is 10.3. The maximum absolute atomic E-state index is 12.7. The van der Waals surface area contributed by atoms with Gasteiger partial charge in [-0.25, -0.2) is 0 Å². The minimum atomic E-state index is -0.417. The van der Waals surface area contributed by atoms with E-state index in [4.69, 9.17) is 20.8 Å². The molecule has 1 aromatic heterocycles. The van der Waals surface area contributed by atoms with Crippen molar-refractivity contribution >= 4 is 34.8 Å². The SMILES string of the molecule is COc1ccc(Cl)cc1C(=O)Nc1cc(C)ccc1NC(=O)c1ccco1. The topological polar surface area (TPSA) is 80.6 Å². The number of hydrogen-bond donors (Lipinski definition) is 2. The number of benzene rings is 2. The van der Waals surface area contributed by atoms with Crippen LogP contribution in [0.15, 0.2) is 59.2 Å². The van der Waals surface area contributed by atoms with Crippen molar-refractivity contribution in [3.63, 3.8) is 0 Å². The molecule has 138 valence electrons. The van der Waals surface area contributed by atoms with Crippen molar-refractivity contribution in [3.05, 3.63) is 76.7 Å². The fourth-order valence-corrected chi connectivity index (χ4v) is 2.68. The Kier molecular flexibility index (Phi) is 5.47. The summed E-state index contributed by atoms with van der Waals surface area (Å²) in [7, 11) is 1.47. The number of amides is 2. The van der Waals surface area contributed by atoms with Crippen molar-refractivity contribution in [1.29, 1.82) is 0 Å². The lowest BCUT2D eigenvalue weighted by Gasteiger charge is -2.14. The van der Waals surface area contributed by atoms with Crippen LogP contribution < -0.4 is 15.4 Å². The molecule has 0 unspecified atom stereocenters. The van der Waals surface area contributed by atoms with Crippen LogP contribution in [0.3, 0.4) is 0 Å². The third-order valence-corrected chi connectivity index (χ3v) is 4.06. The van der Waals surface area contributed by atoms with Crippen LogP contribution >= 0.6 is 11.6 Å². The molecule has 0 aliphatic heterocycles. The maximum atomic E-state index is 12.7. The summed E-state index contributed by atoms with van der Waals surface area (Å²) >= 11 is 6.00. The molecule has 2 amide bonds. The number of carbonyl (C=O) groups excluding carboxylic acids is 2. The number of anilines is 2. The lowest BCUT2D eigenvalue weighted by atomic mass is 10.1. The highest BCUT2D eigenvalue weighted by Crippen LogP contribution is 2.27. The number of methoxy groups -OCH3 is 1. The maximum Gasteiger partial charge on any atom is 0.291 e. The van der Waals surface area contributed by atoms with Gasteiger partial charge in [0, 0.05) is 5.02 Å². The molecule has 0 radical (unpaired) electrons. The molecule has 0 atom stereocenters. The summed E-state index contributed by atoms with van der Waals surface area (Å²) in [5, 5.41) is 5.94. The van der Waals surface area contributed by atoms with Crippen LogP contribution in [-0.4, -0.2) is 18.9 Å². The van der Waals surface area contributed by atoms with E-state index in [2.05, 4.69) is 10.6 Å². The largest absolute Gasteiger partial charge is 0.496 e. The van der Waals surface area contributed by atoms with E-state index in [1.165, 1.54) is 19.4 Å². The van der Waals surface area contributed by atoms with Crippen LogP contribution in [0.5, 0.6) is 5.75 Å². The molecule has 0 fully saturated rings. The Labute approximate surface area is 161 Å². The van der Waals surface area contributed by atoms with Crippen molar-refractivity contribution < 1.29 is 18.7 Å². The molecule has 0 spiro atoms. The standard InChI is InChI=1S/C20H17ClN2O4/c1-12-5-7-15(22-20(25)18-4-3-9-27-18)16(10-12)23-19(24)14-11-13(21)6-8-17(14)26-2/h3-11H,1-2H3,(H,22,25)(H,23,24). The van der Waals surface area contributed by atoms with Gasteiger partial charge in [-0.05, 0) is 55.0 Å². The molecule has 3 rings (SSSR count). The average Bonchev–Trinajstić information content (AvgIpc) is 3.18. The molecule has 2 aromatic carbocycles. The van der Waals surface area contributed by atoms with Crippen LogP contribution in [0.4, 0.5) is 11.4 Å². The normalized spacial score (nSPS) is 10.3. The Morgan fingerprint density at radius 2 is 1.78 bits per heavy atom. The van der Waals surface area contributed by atoms with Crippen molar-refractivity contribution in [2.75, 3.05) is 17.7 Å². The predicted molar refractivity (Wildman–Crippen MR) is 104 cm³/mol. The Balaban J connectivity index is 1.88. The number of carbonyl (C=O) groups is 2. The molecule has 0 saturated heterocycles. The Bertz CT molecular complexity index is 984. The lowest BCUT2D eigenvalue weighted by Crippen LogP contribution is -2.17. The first-order chi connectivity index (χ1) is 13.0. The number of ether oxygens (including phenoxy) is 1. The van der Waals surface area contributed by atoms with Gasteiger partial charge in [0.2, 0.25) is 0 Å². The molecular formula is C20H17ClN2O4. The van der Waals surface area contributed by atoms with E-state index in [0.29, 0.717) is 22.1 Å². The highest BCUT2D eigenvalue weighted by atomic mass is 35.5. The van der Waals surface area contributed by atoms with Crippen LogP contribution in [0.25, 0.3) is 0 Å². The Morgan fingerprint density at radius 1 is 1.00 bits per heavy atom. The summed E-state index contributed by atoms with van der Waals surface area (Å²) in [6, 6.07) is 13.2. The van der Waals surface area contributed by atoms with Gasteiger partial charge in [-0.1, -0.05) is 17.7 Å². The third-order valence-electron chi connectivity index (χ3n) is 3.82. The van der Waals surface area contributed by atoms with Gasteiger partial charge < -0.3 is 19.8 Å². The average molecular weight is 385 g/mol. The first-order valence-electron chi connectivity index (χ1n) is 8.08. The monoisotopic (exact) mass is 384 g/mol. The molecular weight excluding hydrogens is 368 g/mol. The zero-order valence-corrected chi connectivity index (χ0v) is 15.5. The van der Waals surface area contributed by atoms with Gasteiger partial charge in [-0.2, -0.15) is 0 Å². The molecule has 27 heavy (non-hydrogen) atoms. The van der Waals surface area contributed by atoms with E-state index in [0.717, 1.165) is 5.56 Å². The van der Waals surface area contributed by atoms with E-state index in [-0.39, 0.29) is 11.3 Å². The smallest absolute Gasteiger partial charge is 0.291 e. The van der Waals surface area contributed by atoms with Crippen LogP contribution in [0.2, 0.25) is 5.02 Å². The number of halogens is 1.